The second kappa shape index (κ2) is 5.41. The predicted molar refractivity (Wildman–Crippen MR) is 86.9 cm³/mol. The summed E-state index contributed by atoms with van der Waals surface area (Å²) in [5.74, 6) is 0.0692. The molecule has 24 heavy (non-hydrogen) atoms. The minimum atomic E-state index is -0.263. The van der Waals surface area contributed by atoms with E-state index in [1.165, 1.54) is 6.33 Å². The molecule has 0 bridgehead atoms. The summed E-state index contributed by atoms with van der Waals surface area (Å²) in [7, 11) is 0. The van der Waals surface area contributed by atoms with Crippen molar-refractivity contribution in [2.45, 2.75) is 39.4 Å². The van der Waals surface area contributed by atoms with Crippen molar-refractivity contribution in [3.8, 4) is 5.69 Å². The Morgan fingerprint density at radius 1 is 1.42 bits per heavy atom. The van der Waals surface area contributed by atoms with Gasteiger partial charge in [0.2, 0.25) is 0 Å². The van der Waals surface area contributed by atoms with Crippen molar-refractivity contribution in [3.05, 3.63) is 42.0 Å². The lowest BCUT2D eigenvalue weighted by molar-refractivity contribution is -0.183. The molecule has 1 aliphatic heterocycles. The van der Waals surface area contributed by atoms with Crippen molar-refractivity contribution in [3.63, 3.8) is 0 Å². The fraction of sp³-hybridized carbons (Fsp3) is 0.500. The van der Waals surface area contributed by atoms with Gasteiger partial charge in [-0.2, -0.15) is 5.10 Å². The van der Waals surface area contributed by atoms with Gasteiger partial charge in [-0.3, -0.25) is 0 Å². The minimum Gasteiger partial charge on any atom is -0.458 e. The van der Waals surface area contributed by atoms with E-state index in [1.54, 1.807) is 17.1 Å². The molecule has 1 aromatic heterocycles. The summed E-state index contributed by atoms with van der Waals surface area (Å²) < 4.78 is 13.3. The van der Waals surface area contributed by atoms with Crippen LogP contribution < -0.4 is 0 Å². The highest BCUT2D eigenvalue weighted by Crippen LogP contribution is 2.53. The fourth-order valence-corrected chi connectivity index (χ4v) is 4.06. The first-order valence-electron chi connectivity index (χ1n) is 8.27. The molecule has 3 atom stereocenters. The highest BCUT2D eigenvalue weighted by Gasteiger charge is 2.61. The van der Waals surface area contributed by atoms with Gasteiger partial charge in [-0.25, -0.2) is 14.5 Å². The summed E-state index contributed by atoms with van der Waals surface area (Å²) >= 11 is 0. The van der Waals surface area contributed by atoms with E-state index < -0.39 is 0 Å². The number of esters is 1. The average molecular weight is 327 g/mol. The summed E-state index contributed by atoms with van der Waals surface area (Å²) in [5, 5.41) is 4.10. The lowest BCUT2D eigenvalue weighted by Gasteiger charge is -2.53. The maximum atomic E-state index is 12.6. The normalized spacial score (nSPS) is 27.4. The highest BCUT2D eigenvalue weighted by molar-refractivity contribution is 5.91. The smallest absolute Gasteiger partial charge is 0.338 e. The molecule has 0 spiro atoms. The van der Waals surface area contributed by atoms with Crippen molar-refractivity contribution in [2.24, 2.45) is 11.3 Å². The van der Waals surface area contributed by atoms with Crippen LogP contribution >= 0.6 is 0 Å². The monoisotopic (exact) mass is 327 g/mol. The number of carbonyl (C=O) groups is 1. The Morgan fingerprint density at radius 2 is 2.25 bits per heavy atom. The Labute approximate surface area is 140 Å². The summed E-state index contributed by atoms with van der Waals surface area (Å²) in [6.07, 6.45) is 4.22. The van der Waals surface area contributed by atoms with Gasteiger partial charge in [0.25, 0.3) is 0 Å². The first-order chi connectivity index (χ1) is 11.5. The van der Waals surface area contributed by atoms with Crippen LogP contribution in [-0.4, -0.2) is 39.5 Å². The van der Waals surface area contributed by atoms with Crippen LogP contribution in [0.5, 0.6) is 0 Å². The van der Waals surface area contributed by atoms with E-state index >= 15 is 0 Å². The van der Waals surface area contributed by atoms with Crippen LogP contribution in [0.1, 0.15) is 36.2 Å². The highest BCUT2D eigenvalue weighted by atomic mass is 16.6. The number of aryl methyl sites for hydroxylation is 1. The van der Waals surface area contributed by atoms with Gasteiger partial charge < -0.3 is 9.47 Å². The SMILES string of the molecule is Cc1cc(-n2cncn2)ccc1C(=O)O[C@@H]1[C@H]2CCO[C@@H]2C1(C)C. The second-order valence-corrected chi connectivity index (χ2v) is 7.23. The molecule has 4 rings (SSSR count). The van der Waals surface area contributed by atoms with Crippen LogP contribution in [0.4, 0.5) is 0 Å². The van der Waals surface area contributed by atoms with Crippen molar-refractivity contribution >= 4 is 5.97 Å². The number of benzene rings is 1. The zero-order chi connectivity index (χ0) is 16.9. The number of aromatic nitrogens is 3. The number of fused-ring (bicyclic) bond motifs is 1. The first-order valence-corrected chi connectivity index (χ1v) is 8.27. The van der Waals surface area contributed by atoms with Crippen molar-refractivity contribution < 1.29 is 14.3 Å². The number of hydrogen-bond donors (Lipinski definition) is 0. The van der Waals surface area contributed by atoms with Crippen LogP contribution in [0.3, 0.4) is 0 Å². The number of ether oxygens (including phenoxy) is 2. The van der Waals surface area contributed by atoms with Gasteiger partial charge in [0, 0.05) is 17.9 Å². The van der Waals surface area contributed by atoms with Crippen LogP contribution in [0.25, 0.3) is 5.69 Å². The van der Waals surface area contributed by atoms with Crippen LogP contribution in [0, 0.1) is 18.3 Å². The maximum Gasteiger partial charge on any atom is 0.338 e. The molecule has 6 heteroatoms. The summed E-state index contributed by atoms with van der Waals surface area (Å²) in [6, 6.07) is 5.56. The molecule has 2 fully saturated rings. The molecule has 0 amide bonds. The van der Waals surface area contributed by atoms with Crippen molar-refractivity contribution in [1.82, 2.24) is 14.8 Å². The van der Waals surface area contributed by atoms with Crippen LogP contribution in [-0.2, 0) is 9.47 Å². The van der Waals surface area contributed by atoms with Gasteiger partial charge >= 0.3 is 5.97 Å². The Kier molecular flexibility index (Phi) is 3.46. The van der Waals surface area contributed by atoms with Crippen LogP contribution in [0.2, 0.25) is 0 Å². The zero-order valence-corrected chi connectivity index (χ0v) is 14.1. The molecule has 2 aliphatic rings. The number of carbonyl (C=O) groups excluding carboxylic acids is 1. The number of nitrogens with zero attached hydrogens (tertiary/aromatic N) is 3. The molecule has 0 N–H and O–H groups in total. The molecule has 0 unspecified atom stereocenters. The first kappa shape index (κ1) is 15.3. The maximum absolute atomic E-state index is 12.6. The minimum absolute atomic E-state index is 0.0770. The average Bonchev–Trinajstić information content (AvgIpc) is 3.22. The summed E-state index contributed by atoms with van der Waals surface area (Å²) in [4.78, 5) is 16.6. The van der Waals surface area contributed by atoms with E-state index in [0.29, 0.717) is 11.5 Å². The van der Waals surface area contributed by atoms with Gasteiger partial charge in [-0.15, -0.1) is 0 Å². The molecule has 1 saturated carbocycles. The number of rotatable bonds is 3. The zero-order valence-electron chi connectivity index (χ0n) is 14.1. The molecule has 2 heterocycles. The molecule has 1 aliphatic carbocycles. The molecule has 1 aromatic carbocycles. The van der Waals surface area contributed by atoms with Gasteiger partial charge in [0.1, 0.15) is 18.8 Å². The van der Waals surface area contributed by atoms with Crippen molar-refractivity contribution in [1.29, 1.82) is 0 Å². The van der Waals surface area contributed by atoms with E-state index in [1.807, 2.05) is 19.1 Å². The van der Waals surface area contributed by atoms with E-state index in [0.717, 1.165) is 24.3 Å². The third kappa shape index (κ3) is 2.24. The Hall–Kier alpha value is -2.21. The van der Waals surface area contributed by atoms with Gasteiger partial charge in [-0.1, -0.05) is 13.8 Å². The van der Waals surface area contributed by atoms with Gasteiger partial charge in [0.05, 0.1) is 17.4 Å². The summed E-state index contributed by atoms with van der Waals surface area (Å²) in [6.45, 7) is 6.89. The van der Waals surface area contributed by atoms with E-state index in [-0.39, 0.29) is 23.6 Å². The lowest BCUT2D eigenvalue weighted by Crippen LogP contribution is -2.61. The molecule has 0 radical (unpaired) electrons. The van der Waals surface area contributed by atoms with Crippen LogP contribution in [0.15, 0.2) is 30.9 Å². The van der Waals surface area contributed by atoms with Gasteiger partial charge in [-0.05, 0) is 37.1 Å². The largest absolute Gasteiger partial charge is 0.458 e. The third-order valence-electron chi connectivity index (χ3n) is 5.34. The lowest BCUT2D eigenvalue weighted by atomic mass is 9.59. The predicted octanol–water partition coefficient (Wildman–Crippen LogP) is 2.55. The van der Waals surface area contributed by atoms with Crippen molar-refractivity contribution in [2.75, 3.05) is 6.61 Å². The quantitative estimate of drug-likeness (QED) is 0.811. The number of hydrogen-bond acceptors (Lipinski definition) is 5. The molecule has 126 valence electrons. The molecular weight excluding hydrogens is 306 g/mol. The topological polar surface area (TPSA) is 66.2 Å². The Morgan fingerprint density at radius 3 is 2.96 bits per heavy atom. The summed E-state index contributed by atoms with van der Waals surface area (Å²) in [5.41, 5.74) is 2.21. The molecular formula is C18H21N3O3. The molecule has 2 aromatic rings. The molecule has 1 saturated heterocycles. The van der Waals surface area contributed by atoms with Gasteiger partial charge in [0.15, 0.2) is 0 Å². The third-order valence-corrected chi connectivity index (χ3v) is 5.34. The second-order valence-electron chi connectivity index (χ2n) is 7.23. The molecule has 6 nitrogen and oxygen atoms in total. The van der Waals surface area contributed by atoms with E-state index in [4.69, 9.17) is 9.47 Å². The fourth-order valence-electron chi connectivity index (χ4n) is 4.06. The Balaban J connectivity index is 1.53. The van der Waals surface area contributed by atoms with E-state index in [2.05, 4.69) is 23.9 Å². The standard InChI is InChI=1S/C18H21N3O3/c1-11-8-12(21-10-19-9-20-21)4-5-13(11)17(22)24-16-14-6-7-23-15(14)18(16,2)3/h4-5,8-10,14-16H,6-7H2,1-3H3/t14-,15-,16+/m0/s1. The van der Waals surface area contributed by atoms with E-state index in [9.17, 15) is 4.79 Å². The Bertz CT molecular complexity index is 770.